The van der Waals surface area contributed by atoms with E-state index >= 15 is 0 Å². The lowest BCUT2D eigenvalue weighted by molar-refractivity contribution is -0.118. The van der Waals surface area contributed by atoms with Gasteiger partial charge in [-0.2, -0.15) is 0 Å². The highest BCUT2D eigenvalue weighted by Gasteiger charge is 2.08. The van der Waals surface area contributed by atoms with Crippen molar-refractivity contribution < 1.29 is 4.79 Å². The van der Waals surface area contributed by atoms with E-state index in [4.69, 9.17) is 0 Å². The minimum absolute atomic E-state index is 0.0344. The molecule has 0 aliphatic carbocycles. The van der Waals surface area contributed by atoms with Crippen LogP contribution in [0, 0.1) is 0 Å². The summed E-state index contributed by atoms with van der Waals surface area (Å²) < 4.78 is 0. The maximum atomic E-state index is 11.3. The monoisotopic (exact) mass is 190 g/mol. The molecule has 0 aromatic carbocycles. The molecule has 3 heteroatoms. The van der Waals surface area contributed by atoms with Crippen LogP contribution in [0.15, 0.2) is 36.7 Å². The summed E-state index contributed by atoms with van der Waals surface area (Å²) >= 11 is 0. The van der Waals surface area contributed by atoms with Crippen LogP contribution in [-0.2, 0) is 4.79 Å². The molecule has 1 amide bonds. The Balaban J connectivity index is 2.64. The Kier molecular flexibility index (Phi) is 3.40. The van der Waals surface area contributed by atoms with Gasteiger partial charge in [0.2, 0.25) is 5.91 Å². The van der Waals surface area contributed by atoms with Gasteiger partial charge in [-0.1, -0.05) is 12.6 Å². The van der Waals surface area contributed by atoms with E-state index < -0.39 is 0 Å². The summed E-state index contributed by atoms with van der Waals surface area (Å²) in [5.74, 6) is -0.124. The zero-order valence-electron chi connectivity index (χ0n) is 8.45. The van der Waals surface area contributed by atoms with Crippen LogP contribution in [0.2, 0.25) is 0 Å². The van der Waals surface area contributed by atoms with E-state index in [-0.39, 0.29) is 11.9 Å². The number of pyridine rings is 1. The van der Waals surface area contributed by atoms with E-state index in [1.807, 2.05) is 19.1 Å². The van der Waals surface area contributed by atoms with Crippen LogP contribution in [0.25, 0.3) is 0 Å². The molecule has 0 spiro atoms. The van der Waals surface area contributed by atoms with Crippen molar-refractivity contribution in [2.24, 2.45) is 0 Å². The first-order valence-corrected chi connectivity index (χ1v) is 4.47. The standard InChI is InChI=1S/C11H14N2O/c1-8(2)11(14)13-9(3)10-5-4-6-12-7-10/h4-7,9H,1H2,2-3H3,(H,13,14). The van der Waals surface area contributed by atoms with Crippen molar-refractivity contribution in [3.8, 4) is 0 Å². The summed E-state index contributed by atoms with van der Waals surface area (Å²) in [7, 11) is 0. The smallest absolute Gasteiger partial charge is 0.246 e. The number of carbonyl (C=O) groups is 1. The summed E-state index contributed by atoms with van der Waals surface area (Å²) in [5.41, 5.74) is 1.50. The van der Waals surface area contributed by atoms with Crippen LogP contribution in [0.1, 0.15) is 25.5 Å². The normalized spacial score (nSPS) is 11.9. The van der Waals surface area contributed by atoms with Crippen LogP contribution in [0.5, 0.6) is 0 Å². The van der Waals surface area contributed by atoms with E-state index in [1.165, 1.54) is 0 Å². The van der Waals surface area contributed by atoms with Gasteiger partial charge in [0.05, 0.1) is 6.04 Å². The van der Waals surface area contributed by atoms with Gasteiger partial charge in [0.25, 0.3) is 0 Å². The van der Waals surface area contributed by atoms with Crippen molar-refractivity contribution in [3.63, 3.8) is 0 Å². The van der Waals surface area contributed by atoms with Gasteiger partial charge in [0, 0.05) is 18.0 Å². The number of amides is 1. The Bertz CT molecular complexity index is 332. The minimum Gasteiger partial charge on any atom is -0.346 e. The SMILES string of the molecule is C=C(C)C(=O)NC(C)c1cccnc1. The first kappa shape index (κ1) is 10.4. The molecule has 0 saturated carbocycles. The highest BCUT2D eigenvalue weighted by atomic mass is 16.1. The molecule has 74 valence electrons. The number of hydrogen-bond donors (Lipinski definition) is 1. The Morgan fingerprint density at radius 2 is 2.36 bits per heavy atom. The molecule has 0 fully saturated rings. The van der Waals surface area contributed by atoms with Crippen molar-refractivity contribution in [3.05, 3.63) is 42.2 Å². The van der Waals surface area contributed by atoms with Crippen molar-refractivity contribution in [2.45, 2.75) is 19.9 Å². The molecule has 1 unspecified atom stereocenters. The Hall–Kier alpha value is -1.64. The second kappa shape index (κ2) is 4.56. The average Bonchev–Trinajstić information content (AvgIpc) is 2.19. The first-order valence-electron chi connectivity index (χ1n) is 4.47. The summed E-state index contributed by atoms with van der Waals surface area (Å²) in [6, 6.07) is 3.74. The highest BCUT2D eigenvalue weighted by molar-refractivity contribution is 5.92. The number of nitrogens with one attached hydrogen (secondary N) is 1. The zero-order chi connectivity index (χ0) is 10.6. The number of hydrogen-bond acceptors (Lipinski definition) is 2. The molecule has 14 heavy (non-hydrogen) atoms. The van der Waals surface area contributed by atoms with Crippen molar-refractivity contribution >= 4 is 5.91 Å². The summed E-state index contributed by atoms with van der Waals surface area (Å²) in [6.07, 6.45) is 3.44. The topological polar surface area (TPSA) is 42.0 Å². The van der Waals surface area contributed by atoms with Crippen LogP contribution in [0.3, 0.4) is 0 Å². The molecule has 1 aromatic heterocycles. The molecule has 0 saturated heterocycles. The Labute approximate surface area is 83.9 Å². The lowest BCUT2D eigenvalue weighted by Gasteiger charge is -2.13. The highest BCUT2D eigenvalue weighted by Crippen LogP contribution is 2.09. The predicted octanol–water partition coefficient (Wildman–Crippen LogP) is 1.83. The number of carbonyl (C=O) groups excluding carboxylic acids is 1. The molecule has 0 aliphatic heterocycles. The van der Waals surface area contributed by atoms with Gasteiger partial charge in [-0.15, -0.1) is 0 Å². The molecule has 3 nitrogen and oxygen atoms in total. The van der Waals surface area contributed by atoms with E-state index in [1.54, 1.807) is 19.3 Å². The molecule has 1 N–H and O–H groups in total. The van der Waals surface area contributed by atoms with Gasteiger partial charge in [0.15, 0.2) is 0 Å². The lowest BCUT2D eigenvalue weighted by atomic mass is 10.1. The van der Waals surface area contributed by atoms with Crippen molar-refractivity contribution in [1.82, 2.24) is 10.3 Å². The lowest BCUT2D eigenvalue weighted by Crippen LogP contribution is -2.26. The molecule has 0 aliphatic rings. The molecule has 1 aromatic rings. The Morgan fingerprint density at radius 1 is 1.64 bits per heavy atom. The summed E-state index contributed by atoms with van der Waals surface area (Å²) in [5, 5.41) is 2.82. The third kappa shape index (κ3) is 2.69. The van der Waals surface area contributed by atoms with Gasteiger partial charge in [-0.25, -0.2) is 0 Å². The fraction of sp³-hybridized carbons (Fsp3) is 0.273. The predicted molar refractivity (Wildman–Crippen MR) is 55.6 cm³/mol. The third-order valence-corrected chi connectivity index (χ3v) is 1.92. The van der Waals surface area contributed by atoms with Gasteiger partial charge < -0.3 is 5.32 Å². The molecular weight excluding hydrogens is 176 g/mol. The van der Waals surface area contributed by atoms with Crippen LogP contribution >= 0.6 is 0 Å². The van der Waals surface area contributed by atoms with Crippen LogP contribution in [0.4, 0.5) is 0 Å². The number of rotatable bonds is 3. The van der Waals surface area contributed by atoms with E-state index in [0.29, 0.717) is 5.57 Å². The van der Waals surface area contributed by atoms with Gasteiger partial charge in [-0.05, 0) is 25.5 Å². The maximum absolute atomic E-state index is 11.3. The summed E-state index contributed by atoms with van der Waals surface area (Å²) in [4.78, 5) is 15.3. The van der Waals surface area contributed by atoms with Crippen LogP contribution < -0.4 is 5.32 Å². The molecule has 1 atom stereocenters. The van der Waals surface area contributed by atoms with Gasteiger partial charge in [0.1, 0.15) is 0 Å². The molecule has 0 radical (unpaired) electrons. The van der Waals surface area contributed by atoms with Crippen molar-refractivity contribution in [1.29, 1.82) is 0 Å². The molecule has 0 bridgehead atoms. The quantitative estimate of drug-likeness (QED) is 0.739. The van der Waals surface area contributed by atoms with Gasteiger partial charge in [-0.3, -0.25) is 9.78 Å². The van der Waals surface area contributed by atoms with Crippen LogP contribution in [-0.4, -0.2) is 10.9 Å². The van der Waals surface area contributed by atoms with Gasteiger partial charge >= 0.3 is 0 Å². The minimum atomic E-state index is -0.124. The van der Waals surface area contributed by atoms with Crippen molar-refractivity contribution in [2.75, 3.05) is 0 Å². The molecule has 1 heterocycles. The molecular formula is C11H14N2O. The fourth-order valence-corrected chi connectivity index (χ4v) is 1.04. The second-order valence-electron chi connectivity index (χ2n) is 3.26. The second-order valence-corrected chi connectivity index (χ2v) is 3.26. The van der Waals surface area contributed by atoms with E-state index in [2.05, 4.69) is 16.9 Å². The largest absolute Gasteiger partial charge is 0.346 e. The first-order chi connectivity index (χ1) is 6.61. The van der Waals surface area contributed by atoms with E-state index in [0.717, 1.165) is 5.56 Å². The number of nitrogens with zero attached hydrogens (tertiary/aromatic N) is 1. The Morgan fingerprint density at radius 3 is 2.86 bits per heavy atom. The zero-order valence-corrected chi connectivity index (χ0v) is 8.45. The maximum Gasteiger partial charge on any atom is 0.246 e. The van der Waals surface area contributed by atoms with E-state index in [9.17, 15) is 4.79 Å². The molecule has 1 rings (SSSR count). The average molecular weight is 190 g/mol. The fourth-order valence-electron chi connectivity index (χ4n) is 1.04. The third-order valence-electron chi connectivity index (χ3n) is 1.92. The summed E-state index contributed by atoms with van der Waals surface area (Å²) in [6.45, 7) is 7.17. The number of aromatic nitrogens is 1.